The normalized spacial score (nSPS) is 10.7. The molecule has 0 bridgehead atoms. The van der Waals surface area contributed by atoms with Crippen molar-refractivity contribution in [3.05, 3.63) is 71.7 Å². The van der Waals surface area contributed by atoms with E-state index in [2.05, 4.69) is 4.98 Å². The first-order valence-corrected chi connectivity index (χ1v) is 5.80. The number of nitrogens with zero attached hydrogens (tertiary/aromatic N) is 2. The molecular formula is C15H12N2O. The van der Waals surface area contributed by atoms with E-state index in [1.807, 2.05) is 60.0 Å². The van der Waals surface area contributed by atoms with Crippen molar-refractivity contribution >= 4 is 11.4 Å². The number of carbonyl (C=O) groups excluding carboxylic acids is 1. The van der Waals surface area contributed by atoms with Gasteiger partial charge in [0, 0.05) is 11.8 Å². The van der Waals surface area contributed by atoms with Crippen LogP contribution >= 0.6 is 0 Å². The molecular weight excluding hydrogens is 224 g/mol. The van der Waals surface area contributed by atoms with Crippen LogP contribution in [0, 0.1) is 6.92 Å². The first kappa shape index (κ1) is 10.7. The number of ketones is 1. The molecule has 88 valence electrons. The van der Waals surface area contributed by atoms with Gasteiger partial charge in [0.15, 0.2) is 0 Å². The predicted octanol–water partition coefficient (Wildman–Crippen LogP) is 2.87. The van der Waals surface area contributed by atoms with E-state index >= 15 is 0 Å². The monoisotopic (exact) mass is 236 g/mol. The Morgan fingerprint density at radius 3 is 2.72 bits per heavy atom. The smallest absolute Gasteiger partial charge is 0.211 e. The van der Waals surface area contributed by atoms with Crippen LogP contribution in [-0.2, 0) is 0 Å². The van der Waals surface area contributed by atoms with E-state index in [0.29, 0.717) is 5.69 Å². The van der Waals surface area contributed by atoms with E-state index in [9.17, 15) is 4.79 Å². The molecule has 2 heterocycles. The van der Waals surface area contributed by atoms with E-state index in [1.54, 1.807) is 6.20 Å². The van der Waals surface area contributed by atoms with Crippen LogP contribution in [0.4, 0.5) is 0 Å². The standard InChI is InChI=1S/C15H12N2O/c1-11-6-2-3-7-12(11)15(18)13-10-16-14-8-4-5-9-17(13)14/h2-10H,1H3. The summed E-state index contributed by atoms with van der Waals surface area (Å²) < 4.78 is 1.81. The van der Waals surface area contributed by atoms with Crippen LogP contribution in [0.3, 0.4) is 0 Å². The lowest BCUT2D eigenvalue weighted by molar-refractivity contribution is 0.103. The van der Waals surface area contributed by atoms with Gasteiger partial charge in [0.05, 0.1) is 6.20 Å². The van der Waals surface area contributed by atoms with Crippen molar-refractivity contribution in [2.75, 3.05) is 0 Å². The molecule has 0 spiro atoms. The molecule has 2 aromatic heterocycles. The van der Waals surface area contributed by atoms with E-state index in [0.717, 1.165) is 16.8 Å². The van der Waals surface area contributed by atoms with Crippen molar-refractivity contribution in [3.8, 4) is 0 Å². The molecule has 3 rings (SSSR count). The summed E-state index contributed by atoms with van der Waals surface area (Å²) in [5.41, 5.74) is 3.09. The maximum atomic E-state index is 12.5. The summed E-state index contributed by atoms with van der Waals surface area (Å²) in [4.78, 5) is 16.7. The van der Waals surface area contributed by atoms with Crippen LogP contribution in [0.1, 0.15) is 21.6 Å². The quantitative estimate of drug-likeness (QED) is 0.641. The van der Waals surface area contributed by atoms with Gasteiger partial charge in [-0.25, -0.2) is 4.98 Å². The van der Waals surface area contributed by atoms with Crippen molar-refractivity contribution in [3.63, 3.8) is 0 Å². The molecule has 0 aliphatic carbocycles. The fraction of sp³-hybridized carbons (Fsp3) is 0.0667. The van der Waals surface area contributed by atoms with Crippen LogP contribution in [0.15, 0.2) is 54.9 Å². The molecule has 18 heavy (non-hydrogen) atoms. The predicted molar refractivity (Wildman–Crippen MR) is 69.8 cm³/mol. The molecule has 0 aliphatic rings. The van der Waals surface area contributed by atoms with Crippen LogP contribution in [0.2, 0.25) is 0 Å². The number of benzene rings is 1. The minimum atomic E-state index is 0.00630. The van der Waals surface area contributed by atoms with Crippen molar-refractivity contribution in [2.45, 2.75) is 6.92 Å². The maximum absolute atomic E-state index is 12.5. The van der Waals surface area contributed by atoms with Crippen LogP contribution in [0.25, 0.3) is 5.65 Å². The highest BCUT2D eigenvalue weighted by Crippen LogP contribution is 2.15. The highest BCUT2D eigenvalue weighted by Gasteiger charge is 2.15. The topological polar surface area (TPSA) is 34.4 Å². The Kier molecular flexibility index (Phi) is 2.45. The highest BCUT2D eigenvalue weighted by molar-refractivity contribution is 6.09. The second-order valence-electron chi connectivity index (χ2n) is 4.22. The molecule has 0 saturated heterocycles. The number of aryl methyl sites for hydroxylation is 1. The molecule has 0 N–H and O–H groups in total. The number of fused-ring (bicyclic) bond motifs is 1. The highest BCUT2D eigenvalue weighted by atomic mass is 16.1. The maximum Gasteiger partial charge on any atom is 0.211 e. The molecule has 0 aliphatic heterocycles. The molecule has 0 radical (unpaired) electrons. The van der Waals surface area contributed by atoms with Gasteiger partial charge in [0.2, 0.25) is 5.78 Å². The van der Waals surface area contributed by atoms with Crippen molar-refractivity contribution in [1.29, 1.82) is 0 Å². The van der Waals surface area contributed by atoms with Gasteiger partial charge in [-0.3, -0.25) is 9.20 Å². The summed E-state index contributed by atoms with van der Waals surface area (Å²) in [5.74, 6) is 0.00630. The van der Waals surface area contributed by atoms with E-state index in [-0.39, 0.29) is 5.78 Å². The minimum Gasteiger partial charge on any atom is -0.297 e. The van der Waals surface area contributed by atoms with Crippen molar-refractivity contribution in [1.82, 2.24) is 9.38 Å². The summed E-state index contributed by atoms with van der Waals surface area (Å²) in [6, 6.07) is 13.3. The van der Waals surface area contributed by atoms with Crippen LogP contribution < -0.4 is 0 Å². The number of aromatic nitrogens is 2. The van der Waals surface area contributed by atoms with Crippen molar-refractivity contribution in [2.24, 2.45) is 0 Å². The van der Waals surface area contributed by atoms with Gasteiger partial charge >= 0.3 is 0 Å². The summed E-state index contributed by atoms with van der Waals surface area (Å²) in [6.45, 7) is 1.94. The zero-order valence-electron chi connectivity index (χ0n) is 10.00. The average Bonchev–Trinajstić information content (AvgIpc) is 2.82. The van der Waals surface area contributed by atoms with E-state index in [1.165, 1.54) is 0 Å². The zero-order chi connectivity index (χ0) is 12.5. The van der Waals surface area contributed by atoms with E-state index in [4.69, 9.17) is 0 Å². The summed E-state index contributed by atoms with van der Waals surface area (Å²) in [7, 11) is 0. The Balaban J connectivity index is 2.16. The fourth-order valence-corrected chi connectivity index (χ4v) is 2.07. The number of pyridine rings is 1. The Bertz CT molecular complexity index is 728. The molecule has 3 aromatic rings. The van der Waals surface area contributed by atoms with Gasteiger partial charge in [0.25, 0.3) is 0 Å². The Morgan fingerprint density at radius 1 is 1.11 bits per heavy atom. The molecule has 0 unspecified atom stereocenters. The number of hydrogen-bond donors (Lipinski definition) is 0. The number of hydrogen-bond acceptors (Lipinski definition) is 2. The van der Waals surface area contributed by atoms with E-state index < -0.39 is 0 Å². The van der Waals surface area contributed by atoms with Crippen molar-refractivity contribution < 1.29 is 4.79 Å². The van der Waals surface area contributed by atoms with Gasteiger partial charge in [-0.1, -0.05) is 30.3 Å². The molecule has 1 aromatic carbocycles. The molecule has 0 saturated carbocycles. The first-order chi connectivity index (χ1) is 8.77. The Morgan fingerprint density at radius 2 is 1.89 bits per heavy atom. The third-order valence-electron chi connectivity index (χ3n) is 3.04. The van der Waals surface area contributed by atoms with Crippen LogP contribution in [-0.4, -0.2) is 15.2 Å². The van der Waals surface area contributed by atoms with Gasteiger partial charge in [-0.15, -0.1) is 0 Å². The lowest BCUT2D eigenvalue weighted by Gasteiger charge is -2.04. The van der Waals surface area contributed by atoms with Gasteiger partial charge in [-0.2, -0.15) is 0 Å². The fourth-order valence-electron chi connectivity index (χ4n) is 2.07. The van der Waals surface area contributed by atoms with Gasteiger partial charge in [0.1, 0.15) is 11.3 Å². The molecule has 0 atom stereocenters. The summed E-state index contributed by atoms with van der Waals surface area (Å²) >= 11 is 0. The third kappa shape index (κ3) is 1.61. The lowest BCUT2D eigenvalue weighted by Crippen LogP contribution is -2.06. The Labute approximate surface area is 105 Å². The second kappa shape index (κ2) is 4.11. The largest absolute Gasteiger partial charge is 0.297 e. The SMILES string of the molecule is Cc1ccccc1C(=O)c1cnc2ccccn12. The number of rotatable bonds is 2. The zero-order valence-corrected chi connectivity index (χ0v) is 10.00. The molecule has 0 amide bonds. The van der Waals surface area contributed by atoms with Gasteiger partial charge < -0.3 is 0 Å². The molecule has 0 fully saturated rings. The summed E-state index contributed by atoms with van der Waals surface area (Å²) in [6.07, 6.45) is 3.48. The second-order valence-corrected chi connectivity index (χ2v) is 4.22. The number of carbonyl (C=O) groups is 1. The summed E-state index contributed by atoms with van der Waals surface area (Å²) in [5, 5.41) is 0. The average molecular weight is 236 g/mol. The van der Waals surface area contributed by atoms with Gasteiger partial charge in [-0.05, 0) is 24.6 Å². The lowest BCUT2D eigenvalue weighted by atomic mass is 10.0. The first-order valence-electron chi connectivity index (χ1n) is 5.80. The minimum absolute atomic E-state index is 0.00630. The third-order valence-corrected chi connectivity index (χ3v) is 3.04. The number of imidazole rings is 1. The van der Waals surface area contributed by atoms with Crippen LogP contribution in [0.5, 0.6) is 0 Å². The molecule has 3 heteroatoms. The Hall–Kier alpha value is -2.42. The molecule has 3 nitrogen and oxygen atoms in total.